The lowest BCUT2D eigenvalue weighted by molar-refractivity contribution is 0.462. The summed E-state index contributed by atoms with van der Waals surface area (Å²) in [5.41, 5.74) is 0.816. The first-order valence-electron chi connectivity index (χ1n) is 5.66. The minimum Gasteiger partial charge on any atom is -0.306 e. The van der Waals surface area contributed by atoms with E-state index in [1.165, 1.54) is 12.3 Å². The van der Waals surface area contributed by atoms with Gasteiger partial charge in [0.05, 0.1) is 11.9 Å². The summed E-state index contributed by atoms with van der Waals surface area (Å²) in [6.07, 6.45) is 3.78. The van der Waals surface area contributed by atoms with E-state index in [1.807, 2.05) is 13.8 Å². The van der Waals surface area contributed by atoms with E-state index in [-0.39, 0.29) is 17.9 Å². The number of nitrogens with one attached hydrogen (secondary N) is 1. The predicted octanol–water partition coefficient (Wildman–Crippen LogP) is 2.03. The molecule has 5 heteroatoms. The minimum atomic E-state index is -0.754. The molecule has 1 aromatic rings. The van der Waals surface area contributed by atoms with Crippen LogP contribution in [0.2, 0.25) is 0 Å². The van der Waals surface area contributed by atoms with Crippen molar-refractivity contribution in [2.45, 2.75) is 32.4 Å². The van der Waals surface area contributed by atoms with Gasteiger partial charge in [-0.3, -0.25) is 9.19 Å². The van der Waals surface area contributed by atoms with Gasteiger partial charge in [-0.1, -0.05) is 0 Å². The summed E-state index contributed by atoms with van der Waals surface area (Å²) >= 11 is 0. The maximum Gasteiger partial charge on any atom is 0.141 e. The van der Waals surface area contributed by atoms with Gasteiger partial charge in [0, 0.05) is 34.9 Å². The fourth-order valence-electron chi connectivity index (χ4n) is 1.58. The molecule has 0 aliphatic heterocycles. The molecule has 1 aromatic heterocycles. The maximum atomic E-state index is 12.7. The van der Waals surface area contributed by atoms with Gasteiger partial charge in [-0.15, -0.1) is 0 Å². The first-order valence-corrected chi connectivity index (χ1v) is 7.39. The molecule has 17 heavy (non-hydrogen) atoms. The van der Waals surface area contributed by atoms with E-state index >= 15 is 0 Å². The van der Waals surface area contributed by atoms with Crippen molar-refractivity contribution in [3.05, 3.63) is 29.8 Å². The van der Waals surface area contributed by atoms with Gasteiger partial charge >= 0.3 is 0 Å². The van der Waals surface area contributed by atoms with Crippen LogP contribution in [0.4, 0.5) is 4.39 Å². The highest BCUT2D eigenvalue weighted by Gasteiger charge is 2.10. The van der Waals surface area contributed by atoms with Crippen molar-refractivity contribution in [1.29, 1.82) is 0 Å². The molecule has 0 aliphatic rings. The Hall–Kier alpha value is -0.810. The molecule has 3 unspecified atom stereocenters. The summed E-state index contributed by atoms with van der Waals surface area (Å²) in [5.74, 6) is 0.368. The Morgan fingerprint density at radius 1 is 1.47 bits per heavy atom. The zero-order valence-corrected chi connectivity index (χ0v) is 11.3. The van der Waals surface area contributed by atoms with E-state index in [2.05, 4.69) is 10.3 Å². The van der Waals surface area contributed by atoms with Crippen LogP contribution >= 0.6 is 0 Å². The van der Waals surface area contributed by atoms with Gasteiger partial charge in [-0.25, -0.2) is 4.39 Å². The Kier molecular flexibility index (Phi) is 5.71. The van der Waals surface area contributed by atoms with Crippen molar-refractivity contribution in [3.63, 3.8) is 0 Å². The molecule has 96 valence electrons. The number of nitrogens with zero attached hydrogens (tertiary/aromatic N) is 1. The van der Waals surface area contributed by atoms with Crippen LogP contribution in [-0.2, 0) is 10.8 Å². The zero-order chi connectivity index (χ0) is 12.8. The van der Waals surface area contributed by atoms with Crippen molar-refractivity contribution in [3.8, 4) is 0 Å². The predicted molar refractivity (Wildman–Crippen MR) is 68.8 cm³/mol. The van der Waals surface area contributed by atoms with Gasteiger partial charge in [0.15, 0.2) is 0 Å². The highest BCUT2D eigenvalue weighted by atomic mass is 32.2. The highest BCUT2D eigenvalue weighted by molar-refractivity contribution is 7.84. The molecule has 0 bridgehead atoms. The molecular formula is C12H19FN2OS. The van der Waals surface area contributed by atoms with Crippen molar-refractivity contribution in [2.24, 2.45) is 0 Å². The number of halogens is 1. The van der Waals surface area contributed by atoms with E-state index in [0.29, 0.717) is 5.75 Å². The monoisotopic (exact) mass is 258 g/mol. The second-order valence-corrected chi connectivity index (χ2v) is 5.81. The molecule has 1 heterocycles. The second-order valence-electron chi connectivity index (χ2n) is 4.26. The summed E-state index contributed by atoms with van der Waals surface area (Å²) in [6, 6.07) is 3.42. The number of hydrogen-bond donors (Lipinski definition) is 1. The first-order chi connectivity index (χ1) is 7.99. The van der Waals surface area contributed by atoms with E-state index in [9.17, 15) is 8.60 Å². The van der Waals surface area contributed by atoms with Crippen LogP contribution in [0.3, 0.4) is 0 Å². The molecule has 3 atom stereocenters. The zero-order valence-electron chi connectivity index (χ0n) is 10.4. The number of aromatic nitrogens is 1. The van der Waals surface area contributed by atoms with Crippen molar-refractivity contribution >= 4 is 10.8 Å². The summed E-state index contributed by atoms with van der Waals surface area (Å²) < 4.78 is 23.7. The van der Waals surface area contributed by atoms with Crippen molar-refractivity contribution < 1.29 is 8.60 Å². The molecule has 0 amide bonds. The molecule has 1 N–H and O–H groups in total. The molecule has 0 aliphatic carbocycles. The van der Waals surface area contributed by atoms with Gasteiger partial charge in [0.25, 0.3) is 0 Å². The molecular weight excluding hydrogens is 239 g/mol. The molecule has 0 fully saturated rings. The SMILES string of the molecule is CC(CCS(C)=O)NC(C)c1ccc(F)cn1. The Bertz CT molecular complexity index is 369. The molecule has 1 rings (SSSR count). The Labute approximate surface area is 104 Å². The van der Waals surface area contributed by atoms with Crippen LogP contribution in [-0.4, -0.2) is 27.2 Å². The molecule has 0 saturated carbocycles. The van der Waals surface area contributed by atoms with Crippen LogP contribution < -0.4 is 5.32 Å². The summed E-state index contributed by atoms with van der Waals surface area (Å²) in [5, 5.41) is 3.35. The lowest BCUT2D eigenvalue weighted by Gasteiger charge is -2.19. The number of pyridine rings is 1. The van der Waals surface area contributed by atoms with Crippen LogP contribution in [0.5, 0.6) is 0 Å². The number of hydrogen-bond acceptors (Lipinski definition) is 3. The van der Waals surface area contributed by atoms with Crippen LogP contribution in [0.25, 0.3) is 0 Å². The first kappa shape index (κ1) is 14.3. The normalized spacial score (nSPS) is 16.5. The third kappa shape index (κ3) is 5.37. The summed E-state index contributed by atoms with van der Waals surface area (Å²) in [4.78, 5) is 4.03. The second kappa shape index (κ2) is 6.81. The number of rotatable bonds is 6. The van der Waals surface area contributed by atoms with Gasteiger partial charge < -0.3 is 5.32 Å². The van der Waals surface area contributed by atoms with E-state index in [4.69, 9.17) is 0 Å². The van der Waals surface area contributed by atoms with E-state index in [1.54, 1.807) is 12.3 Å². The molecule has 0 radical (unpaired) electrons. The quantitative estimate of drug-likeness (QED) is 0.849. The topological polar surface area (TPSA) is 42.0 Å². The van der Waals surface area contributed by atoms with Gasteiger partial charge in [-0.2, -0.15) is 0 Å². The lowest BCUT2D eigenvalue weighted by atomic mass is 10.1. The lowest BCUT2D eigenvalue weighted by Crippen LogP contribution is -2.30. The molecule has 3 nitrogen and oxygen atoms in total. The van der Waals surface area contributed by atoms with E-state index < -0.39 is 10.8 Å². The third-order valence-corrected chi connectivity index (χ3v) is 3.38. The Morgan fingerprint density at radius 3 is 2.71 bits per heavy atom. The van der Waals surface area contributed by atoms with Gasteiger partial charge in [0.2, 0.25) is 0 Å². The third-order valence-electron chi connectivity index (χ3n) is 2.57. The smallest absolute Gasteiger partial charge is 0.141 e. The molecule has 0 saturated heterocycles. The average molecular weight is 258 g/mol. The fourth-order valence-corrected chi connectivity index (χ4v) is 2.27. The van der Waals surface area contributed by atoms with Crippen LogP contribution in [0.1, 0.15) is 32.0 Å². The molecule has 0 aromatic carbocycles. The average Bonchev–Trinajstić information content (AvgIpc) is 2.27. The Morgan fingerprint density at radius 2 is 2.18 bits per heavy atom. The van der Waals surface area contributed by atoms with Crippen molar-refractivity contribution in [2.75, 3.05) is 12.0 Å². The standard InChI is InChI=1S/C12H19FN2OS/c1-9(6-7-17(3)16)15-10(2)12-5-4-11(13)8-14-12/h4-5,8-10,15H,6-7H2,1-3H3. The van der Waals surface area contributed by atoms with Gasteiger partial charge in [-0.05, 0) is 32.4 Å². The van der Waals surface area contributed by atoms with Gasteiger partial charge in [0.1, 0.15) is 5.82 Å². The largest absolute Gasteiger partial charge is 0.306 e. The highest BCUT2D eigenvalue weighted by Crippen LogP contribution is 2.11. The van der Waals surface area contributed by atoms with Crippen LogP contribution in [0, 0.1) is 5.82 Å². The fraction of sp³-hybridized carbons (Fsp3) is 0.583. The van der Waals surface area contributed by atoms with E-state index in [0.717, 1.165) is 12.1 Å². The minimum absolute atomic E-state index is 0.0656. The Balaban J connectivity index is 2.45. The maximum absolute atomic E-state index is 12.7. The van der Waals surface area contributed by atoms with Crippen molar-refractivity contribution in [1.82, 2.24) is 10.3 Å². The van der Waals surface area contributed by atoms with Crippen LogP contribution in [0.15, 0.2) is 18.3 Å². The summed E-state index contributed by atoms with van der Waals surface area (Å²) in [7, 11) is -0.754. The molecule has 0 spiro atoms. The summed E-state index contributed by atoms with van der Waals surface area (Å²) in [6.45, 7) is 4.03.